The van der Waals surface area contributed by atoms with Crippen LogP contribution in [0, 0.1) is 11.3 Å². The molecule has 2 fully saturated rings. The van der Waals surface area contributed by atoms with E-state index >= 15 is 0 Å². The highest BCUT2D eigenvalue weighted by atomic mass is 32.2. The molecule has 4 atom stereocenters. The fourth-order valence-corrected chi connectivity index (χ4v) is 6.18. The van der Waals surface area contributed by atoms with Gasteiger partial charge in [-0.1, -0.05) is 44.1 Å². The van der Waals surface area contributed by atoms with E-state index in [2.05, 4.69) is 6.92 Å². The highest BCUT2D eigenvalue weighted by Gasteiger charge is 2.42. The topological polar surface area (TPSA) is 83.8 Å². The molecule has 2 N–H and O–H groups in total. The van der Waals surface area contributed by atoms with Crippen LogP contribution in [0.2, 0.25) is 0 Å². The van der Waals surface area contributed by atoms with Crippen LogP contribution >= 0.6 is 11.8 Å². The molecule has 170 valence electrons. The SMILES string of the molecule is CCCC1(C(O)CC=C[C@H]2C(O)CC(=O)C2SCc2ccc(C(=O)OC)cc2)CCC1. The van der Waals surface area contributed by atoms with Crippen molar-refractivity contribution in [3.63, 3.8) is 0 Å². The fraction of sp³-hybridized carbons (Fsp3) is 0.600. The Kier molecular flexibility index (Phi) is 8.36. The summed E-state index contributed by atoms with van der Waals surface area (Å²) in [6.07, 6.45) is 9.13. The van der Waals surface area contributed by atoms with Gasteiger partial charge in [0.2, 0.25) is 0 Å². The first kappa shape index (κ1) is 24.0. The van der Waals surface area contributed by atoms with E-state index in [0.29, 0.717) is 17.7 Å². The molecule has 1 aromatic rings. The lowest BCUT2D eigenvalue weighted by Gasteiger charge is -2.45. The Bertz CT molecular complexity index is 784. The van der Waals surface area contributed by atoms with E-state index in [0.717, 1.165) is 31.2 Å². The third-order valence-electron chi connectivity index (χ3n) is 6.85. The van der Waals surface area contributed by atoms with Crippen molar-refractivity contribution in [1.82, 2.24) is 0 Å². The van der Waals surface area contributed by atoms with Crippen LogP contribution in [0.1, 0.15) is 67.8 Å². The third kappa shape index (κ3) is 5.60. The smallest absolute Gasteiger partial charge is 0.337 e. The minimum Gasteiger partial charge on any atom is -0.465 e. The zero-order valence-corrected chi connectivity index (χ0v) is 19.3. The molecule has 0 aliphatic heterocycles. The molecule has 2 aliphatic carbocycles. The summed E-state index contributed by atoms with van der Waals surface area (Å²) in [5, 5.41) is 20.8. The first-order valence-electron chi connectivity index (χ1n) is 11.2. The second-order valence-electron chi connectivity index (χ2n) is 8.88. The predicted octanol–water partition coefficient (Wildman–Crippen LogP) is 4.30. The van der Waals surface area contributed by atoms with Crippen LogP contribution in [0.15, 0.2) is 36.4 Å². The largest absolute Gasteiger partial charge is 0.465 e. The molecular weight excluding hydrogens is 412 g/mol. The lowest BCUT2D eigenvalue weighted by molar-refractivity contribution is -0.117. The zero-order chi connectivity index (χ0) is 22.4. The van der Waals surface area contributed by atoms with Gasteiger partial charge in [-0.15, -0.1) is 11.8 Å². The van der Waals surface area contributed by atoms with E-state index in [4.69, 9.17) is 4.74 Å². The number of hydrogen-bond donors (Lipinski definition) is 2. The Hall–Kier alpha value is -1.63. The van der Waals surface area contributed by atoms with Gasteiger partial charge in [-0.05, 0) is 48.8 Å². The molecule has 0 spiro atoms. The van der Waals surface area contributed by atoms with Gasteiger partial charge in [0.25, 0.3) is 0 Å². The van der Waals surface area contributed by atoms with Gasteiger partial charge in [0.05, 0.1) is 30.1 Å². The summed E-state index contributed by atoms with van der Waals surface area (Å²) in [5.41, 5.74) is 1.57. The monoisotopic (exact) mass is 446 g/mol. The van der Waals surface area contributed by atoms with Crippen molar-refractivity contribution in [3.8, 4) is 0 Å². The number of ether oxygens (including phenoxy) is 1. The van der Waals surface area contributed by atoms with E-state index in [9.17, 15) is 19.8 Å². The zero-order valence-electron chi connectivity index (χ0n) is 18.5. The van der Waals surface area contributed by atoms with E-state index < -0.39 is 6.10 Å². The number of ketones is 1. The molecule has 0 saturated heterocycles. The number of methoxy groups -OCH3 is 1. The lowest BCUT2D eigenvalue weighted by Crippen LogP contribution is -2.41. The van der Waals surface area contributed by atoms with Gasteiger partial charge in [0.15, 0.2) is 0 Å². The molecule has 3 unspecified atom stereocenters. The van der Waals surface area contributed by atoms with E-state index in [1.807, 2.05) is 24.3 Å². The summed E-state index contributed by atoms with van der Waals surface area (Å²) in [5.74, 6) is 0.0862. The molecule has 0 heterocycles. The Balaban J connectivity index is 1.57. The van der Waals surface area contributed by atoms with Gasteiger partial charge < -0.3 is 14.9 Å². The Morgan fingerprint density at radius 2 is 2.03 bits per heavy atom. The molecule has 0 bridgehead atoms. The summed E-state index contributed by atoms with van der Waals surface area (Å²) in [6.45, 7) is 2.16. The van der Waals surface area contributed by atoms with Gasteiger partial charge in [0.1, 0.15) is 5.78 Å². The third-order valence-corrected chi connectivity index (χ3v) is 8.28. The maximum atomic E-state index is 12.5. The van der Waals surface area contributed by atoms with Crippen molar-refractivity contribution >= 4 is 23.5 Å². The van der Waals surface area contributed by atoms with Crippen molar-refractivity contribution < 1.29 is 24.5 Å². The summed E-state index contributed by atoms with van der Waals surface area (Å²) in [6, 6.07) is 7.17. The van der Waals surface area contributed by atoms with Crippen LogP contribution in [0.5, 0.6) is 0 Å². The van der Waals surface area contributed by atoms with E-state index in [1.165, 1.54) is 25.3 Å². The molecule has 31 heavy (non-hydrogen) atoms. The standard InChI is InChI=1S/C25H34O5S/c1-3-12-25(13-5-14-25)22(28)7-4-6-19-20(26)15-21(27)23(19)31-16-17-8-10-18(11-9-17)24(29)30-2/h4,6,8-11,19-20,22-23,26,28H,3,5,7,12-16H2,1-2H3/t19-,20?,22?,23?/m0/s1. The number of thioether (sulfide) groups is 1. The van der Waals surface area contributed by atoms with Crippen LogP contribution in [0.25, 0.3) is 0 Å². The maximum absolute atomic E-state index is 12.5. The van der Waals surface area contributed by atoms with Crippen molar-refractivity contribution in [3.05, 3.63) is 47.5 Å². The molecule has 0 aromatic heterocycles. The molecule has 0 radical (unpaired) electrons. The highest BCUT2D eigenvalue weighted by molar-refractivity contribution is 7.99. The van der Waals surface area contributed by atoms with Crippen LogP contribution in [0.4, 0.5) is 0 Å². The van der Waals surface area contributed by atoms with Gasteiger partial charge in [-0.3, -0.25) is 4.79 Å². The van der Waals surface area contributed by atoms with Gasteiger partial charge in [-0.25, -0.2) is 4.79 Å². The second kappa shape index (κ2) is 10.8. The number of aliphatic hydroxyl groups is 2. The number of aliphatic hydroxyl groups excluding tert-OH is 2. The van der Waals surface area contributed by atoms with E-state index in [1.54, 1.807) is 12.1 Å². The number of carbonyl (C=O) groups excluding carboxylic acids is 2. The van der Waals surface area contributed by atoms with Crippen molar-refractivity contribution in [2.75, 3.05) is 7.11 Å². The maximum Gasteiger partial charge on any atom is 0.337 e. The number of rotatable bonds is 10. The molecule has 6 heteroatoms. The normalized spacial score (nSPS) is 26.1. The van der Waals surface area contributed by atoms with Gasteiger partial charge in [-0.2, -0.15) is 0 Å². The summed E-state index contributed by atoms with van der Waals surface area (Å²) < 4.78 is 4.71. The number of hydrogen-bond acceptors (Lipinski definition) is 6. The Morgan fingerprint density at radius 1 is 1.32 bits per heavy atom. The quantitative estimate of drug-likeness (QED) is 0.412. The van der Waals surface area contributed by atoms with Crippen molar-refractivity contribution in [2.24, 2.45) is 11.3 Å². The molecule has 3 rings (SSSR count). The first-order chi connectivity index (χ1) is 14.9. The summed E-state index contributed by atoms with van der Waals surface area (Å²) >= 11 is 1.53. The second-order valence-corrected chi connectivity index (χ2v) is 10.0. The van der Waals surface area contributed by atoms with Crippen LogP contribution in [0.3, 0.4) is 0 Å². The lowest BCUT2D eigenvalue weighted by atomic mass is 9.62. The summed E-state index contributed by atoms with van der Waals surface area (Å²) in [7, 11) is 1.35. The molecule has 2 aliphatic rings. The first-order valence-corrected chi connectivity index (χ1v) is 12.3. The van der Waals surface area contributed by atoms with Gasteiger partial charge in [0, 0.05) is 18.1 Å². The minimum atomic E-state index is -0.673. The predicted molar refractivity (Wildman–Crippen MR) is 123 cm³/mol. The fourth-order valence-electron chi connectivity index (χ4n) is 4.84. The number of benzene rings is 1. The van der Waals surface area contributed by atoms with Crippen molar-refractivity contribution in [2.45, 2.75) is 75.1 Å². The number of carbonyl (C=O) groups is 2. The molecule has 2 saturated carbocycles. The van der Waals surface area contributed by atoms with Crippen LogP contribution in [-0.4, -0.2) is 46.5 Å². The molecule has 0 amide bonds. The highest BCUT2D eigenvalue weighted by Crippen LogP contribution is 2.48. The number of Topliss-reactive ketones (excluding diaryl/α,β-unsaturated/α-hetero) is 1. The van der Waals surface area contributed by atoms with E-state index in [-0.39, 0.29) is 40.9 Å². The number of esters is 1. The Labute approximate surface area is 189 Å². The van der Waals surface area contributed by atoms with Crippen LogP contribution in [-0.2, 0) is 15.3 Å². The minimum absolute atomic E-state index is 0.0632. The summed E-state index contributed by atoms with van der Waals surface area (Å²) in [4.78, 5) is 24.0. The molecule has 5 nitrogen and oxygen atoms in total. The molecular formula is C25H34O5S. The Morgan fingerprint density at radius 3 is 2.61 bits per heavy atom. The molecule has 1 aromatic carbocycles. The van der Waals surface area contributed by atoms with Crippen LogP contribution < -0.4 is 0 Å². The average Bonchev–Trinajstić information content (AvgIpc) is 3.01. The average molecular weight is 447 g/mol. The van der Waals surface area contributed by atoms with Crippen molar-refractivity contribution in [1.29, 1.82) is 0 Å². The van der Waals surface area contributed by atoms with Gasteiger partial charge >= 0.3 is 5.97 Å².